The molecule has 0 saturated carbocycles. The van der Waals surface area contributed by atoms with E-state index in [1.165, 1.54) is 11.8 Å². The van der Waals surface area contributed by atoms with E-state index in [0.717, 1.165) is 18.7 Å². The fraction of sp³-hybridized carbons (Fsp3) is 0.278. The lowest BCUT2D eigenvalue weighted by atomic mass is 10.2. The van der Waals surface area contributed by atoms with Crippen LogP contribution in [0.2, 0.25) is 0 Å². The molecule has 0 spiro atoms. The molecule has 0 aliphatic heterocycles. The SMILES string of the molecule is CCOC(=O)C(C)(C)Sc1ccccc1Br.Sc1ccccc1Br. The Labute approximate surface area is 170 Å². The van der Waals surface area contributed by atoms with Crippen molar-refractivity contribution in [3.8, 4) is 0 Å². The largest absolute Gasteiger partial charge is 0.465 e. The molecule has 0 atom stereocenters. The standard InChI is InChI=1S/C12H15BrO2S.C6H5BrS/c1-4-15-11(14)12(2,3)16-10-8-6-5-7-9(10)13;7-5-3-1-2-4-6(5)8/h5-8H,4H2,1-3H3;1-4,8H. The molecule has 0 heterocycles. The molecule has 0 amide bonds. The lowest BCUT2D eigenvalue weighted by Gasteiger charge is -2.22. The van der Waals surface area contributed by atoms with Crippen molar-refractivity contribution < 1.29 is 9.53 Å². The first-order chi connectivity index (χ1) is 11.3. The van der Waals surface area contributed by atoms with Gasteiger partial charge in [-0.3, -0.25) is 4.79 Å². The maximum atomic E-state index is 11.7. The summed E-state index contributed by atoms with van der Waals surface area (Å²) in [6.07, 6.45) is 0. The minimum Gasteiger partial charge on any atom is -0.465 e. The number of carbonyl (C=O) groups excluding carboxylic acids is 1. The first-order valence-electron chi connectivity index (χ1n) is 7.32. The van der Waals surface area contributed by atoms with Crippen molar-refractivity contribution in [3.05, 3.63) is 57.5 Å². The lowest BCUT2D eigenvalue weighted by molar-refractivity contribution is -0.145. The molecule has 0 aliphatic rings. The van der Waals surface area contributed by atoms with Crippen LogP contribution in [0.5, 0.6) is 0 Å². The second-order valence-electron chi connectivity index (χ2n) is 5.21. The summed E-state index contributed by atoms with van der Waals surface area (Å²) in [5, 5.41) is 0. The van der Waals surface area contributed by atoms with Crippen molar-refractivity contribution in [2.75, 3.05) is 6.61 Å². The first-order valence-corrected chi connectivity index (χ1v) is 10.2. The molecule has 2 rings (SSSR count). The molecule has 2 nitrogen and oxygen atoms in total. The molecule has 0 unspecified atom stereocenters. The van der Waals surface area contributed by atoms with Crippen molar-refractivity contribution in [2.24, 2.45) is 0 Å². The molecule has 24 heavy (non-hydrogen) atoms. The number of rotatable bonds is 4. The third kappa shape index (κ3) is 7.21. The van der Waals surface area contributed by atoms with E-state index in [4.69, 9.17) is 4.74 Å². The van der Waals surface area contributed by atoms with Crippen LogP contribution >= 0.6 is 56.3 Å². The summed E-state index contributed by atoms with van der Waals surface area (Å²) >= 11 is 12.4. The number of thiol groups is 1. The Morgan fingerprint density at radius 2 is 1.62 bits per heavy atom. The van der Waals surface area contributed by atoms with Gasteiger partial charge in [0.15, 0.2) is 0 Å². The minimum atomic E-state index is -0.570. The molecule has 2 aromatic carbocycles. The van der Waals surface area contributed by atoms with Gasteiger partial charge < -0.3 is 4.74 Å². The third-order valence-electron chi connectivity index (χ3n) is 2.82. The zero-order chi connectivity index (χ0) is 18.2. The van der Waals surface area contributed by atoms with Crippen molar-refractivity contribution in [1.29, 1.82) is 0 Å². The summed E-state index contributed by atoms with van der Waals surface area (Å²) in [6.45, 7) is 5.97. The smallest absolute Gasteiger partial charge is 0.321 e. The van der Waals surface area contributed by atoms with E-state index < -0.39 is 4.75 Å². The molecular weight excluding hydrogens is 472 g/mol. The van der Waals surface area contributed by atoms with Gasteiger partial charge in [-0.15, -0.1) is 24.4 Å². The average molecular weight is 492 g/mol. The molecule has 130 valence electrons. The summed E-state index contributed by atoms with van der Waals surface area (Å²) < 4.78 is 6.52. The van der Waals surface area contributed by atoms with Gasteiger partial charge in [-0.1, -0.05) is 24.3 Å². The third-order valence-corrected chi connectivity index (χ3v) is 6.42. The highest BCUT2D eigenvalue weighted by atomic mass is 79.9. The Morgan fingerprint density at radius 1 is 1.08 bits per heavy atom. The Balaban J connectivity index is 0.000000300. The molecular formula is C18H20Br2O2S2. The number of carbonyl (C=O) groups is 1. The van der Waals surface area contributed by atoms with Gasteiger partial charge in [0.25, 0.3) is 0 Å². The minimum absolute atomic E-state index is 0.184. The second kappa shape index (κ2) is 10.5. The van der Waals surface area contributed by atoms with Crippen LogP contribution in [0.15, 0.2) is 67.3 Å². The normalized spacial score (nSPS) is 10.6. The molecule has 0 N–H and O–H groups in total. The summed E-state index contributed by atoms with van der Waals surface area (Å²) in [6, 6.07) is 15.7. The van der Waals surface area contributed by atoms with Crippen molar-refractivity contribution in [1.82, 2.24) is 0 Å². The number of benzene rings is 2. The Morgan fingerprint density at radius 3 is 2.08 bits per heavy atom. The monoisotopic (exact) mass is 490 g/mol. The summed E-state index contributed by atoms with van der Waals surface area (Å²) in [4.78, 5) is 13.7. The van der Waals surface area contributed by atoms with E-state index in [-0.39, 0.29) is 5.97 Å². The molecule has 0 aliphatic carbocycles. The van der Waals surface area contributed by atoms with Crippen LogP contribution in [0.25, 0.3) is 0 Å². The van der Waals surface area contributed by atoms with Crippen LogP contribution in [0, 0.1) is 0 Å². The Bertz CT molecular complexity index is 655. The molecule has 2 aromatic rings. The zero-order valence-corrected chi connectivity index (χ0v) is 18.6. The predicted molar refractivity (Wildman–Crippen MR) is 112 cm³/mol. The zero-order valence-electron chi connectivity index (χ0n) is 13.8. The summed E-state index contributed by atoms with van der Waals surface area (Å²) in [5.74, 6) is -0.184. The van der Waals surface area contributed by atoms with E-state index in [2.05, 4.69) is 44.5 Å². The van der Waals surface area contributed by atoms with E-state index in [1.807, 2.05) is 69.3 Å². The van der Waals surface area contributed by atoms with E-state index >= 15 is 0 Å². The molecule has 0 fully saturated rings. The van der Waals surface area contributed by atoms with E-state index in [0.29, 0.717) is 6.61 Å². The number of ether oxygens (including phenoxy) is 1. The fourth-order valence-corrected chi connectivity index (χ4v) is 3.58. The highest BCUT2D eigenvalue weighted by Gasteiger charge is 2.31. The second-order valence-corrected chi connectivity index (χ2v) is 9.07. The average Bonchev–Trinajstić information content (AvgIpc) is 2.53. The van der Waals surface area contributed by atoms with Crippen LogP contribution in [0.1, 0.15) is 20.8 Å². The quantitative estimate of drug-likeness (QED) is 0.295. The molecule has 0 saturated heterocycles. The lowest BCUT2D eigenvalue weighted by Crippen LogP contribution is -2.29. The van der Waals surface area contributed by atoms with Gasteiger partial charge in [0.05, 0.1) is 6.61 Å². The Kier molecular flexibility index (Phi) is 9.49. The van der Waals surface area contributed by atoms with Gasteiger partial charge in [-0.05, 0) is 76.9 Å². The first kappa shape index (κ1) is 21.6. The number of hydrogen-bond acceptors (Lipinski definition) is 4. The van der Waals surface area contributed by atoms with Crippen LogP contribution in [-0.4, -0.2) is 17.3 Å². The number of halogens is 2. The maximum Gasteiger partial charge on any atom is 0.321 e. The maximum absolute atomic E-state index is 11.7. The number of esters is 1. The van der Waals surface area contributed by atoms with Gasteiger partial charge >= 0.3 is 5.97 Å². The predicted octanol–water partition coefficient (Wildman–Crippen LogP) is 6.62. The van der Waals surface area contributed by atoms with Crippen molar-refractivity contribution in [2.45, 2.75) is 35.3 Å². The fourth-order valence-electron chi connectivity index (χ4n) is 1.60. The van der Waals surface area contributed by atoms with Gasteiger partial charge in [0.1, 0.15) is 4.75 Å². The van der Waals surface area contributed by atoms with Gasteiger partial charge in [-0.2, -0.15) is 0 Å². The summed E-state index contributed by atoms with van der Waals surface area (Å²) in [7, 11) is 0. The number of thioether (sulfide) groups is 1. The topological polar surface area (TPSA) is 26.3 Å². The van der Waals surface area contributed by atoms with Crippen molar-refractivity contribution in [3.63, 3.8) is 0 Å². The van der Waals surface area contributed by atoms with Gasteiger partial charge in [-0.25, -0.2) is 0 Å². The molecule has 0 aromatic heterocycles. The number of hydrogen-bond donors (Lipinski definition) is 1. The van der Waals surface area contributed by atoms with Crippen LogP contribution < -0.4 is 0 Å². The van der Waals surface area contributed by atoms with Crippen molar-refractivity contribution >= 4 is 62.2 Å². The van der Waals surface area contributed by atoms with Gasteiger partial charge in [0.2, 0.25) is 0 Å². The van der Waals surface area contributed by atoms with E-state index in [9.17, 15) is 4.79 Å². The molecule has 0 radical (unpaired) electrons. The van der Waals surface area contributed by atoms with Gasteiger partial charge in [0, 0.05) is 18.7 Å². The molecule has 6 heteroatoms. The van der Waals surface area contributed by atoms with Crippen LogP contribution in [-0.2, 0) is 9.53 Å². The molecule has 0 bridgehead atoms. The summed E-state index contributed by atoms with van der Waals surface area (Å²) in [5.41, 5.74) is 0. The highest BCUT2D eigenvalue weighted by Crippen LogP contribution is 2.37. The highest BCUT2D eigenvalue weighted by molar-refractivity contribution is 9.10. The van der Waals surface area contributed by atoms with Crippen LogP contribution in [0.4, 0.5) is 0 Å². The van der Waals surface area contributed by atoms with Crippen LogP contribution in [0.3, 0.4) is 0 Å². The van der Waals surface area contributed by atoms with E-state index in [1.54, 1.807) is 0 Å². The Hall–Kier alpha value is -0.430.